The molecule has 4 rings (SSSR count). The molecule has 1 aliphatic heterocycles. The van der Waals surface area contributed by atoms with Gasteiger partial charge in [0.15, 0.2) is 0 Å². The van der Waals surface area contributed by atoms with Gasteiger partial charge < -0.3 is 15.2 Å². The number of nitrogens with one attached hydrogen (secondary N) is 2. The fourth-order valence-corrected chi connectivity index (χ4v) is 5.58. The van der Waals surface area contributed by atoms with Gasteiger partial charge in [0.1, 0.15) is 11.3 Å². The van der Waals surface area contributed by atoms with Crippen molar-refractivity contribution >= 4 is 64.2 Å². The summed E-state index contributed by atoms with van der Waals surface area (Å²) in [4.78, 5) is 43.6. The fraction of sp³-hybridized carbons (Fsp3) is 0.208. The molecule has 3 amide bonds. The van der Waals surface area contributed by atoms with E-state index in [-0.39, 0.29) is 39.6 Å². The number of anilines is 1. The minimum atomic E-state index is -3.88. The zero-order chi connectivity index (χ0) is 27.1. The molecule has 7 nitrogen and oxygen atoms in total. The van der Waals surface area contributed by atoms with Crippen molar-refractivity contribution in [2.24, 2.45) is 0 Å². The van der Waals surface area contributed by atoms with Gasteiger partial charge in [0, 0.05) is 42.7 Å². The third-order valence-electron chi connectivity index (χ3n) is 5.75. The summed E-state index contributed by atoms with van der Waals surface area (Å²) < 4.78 is 27.8. The summed E-state index contributed by atoms with van der Waals surface area (Å²) in [5.41, 5.74) is -0.0152. The predicted molar refractivity (Wildman–Crippen MR) is 140 cm³/mol. The molecule has 0 unspecified atom stereocenters. The lowest BCUT2D eigenvalue weighted by Gasteiger charge is -2.19. The maximum Gasteiger partial charge on any atom is 0.362 e. The molecule has 0 spiro atoms. The van der Waals surface area contributed by atoms with Crippen LogP contribution in [0.4, 0.5) is 19.3 Å². The number of hydrogen-bond donors (Lipinski definition) is 2. The number of H-pyrrole nitrogens is 1. The molecule has 0 saturated heterocycles. The van der Waals surface area contributed by atoms with Gasteiger partial charge >= 0.3 is 11.4 Å². The van der Waals surface area contributed by atoms with Gasteiger partial charge in [0.2, 0.25) is 0 Å². The number of fused-ring (bicyclic) bond motifs is 1. The SMILES string of the molecule is CNC(=O)N(C)c1ccc2c(c1)CN(C(=O)c1c(Sc3c(Cl)cccc3Cl)cc(C(F)(F)Cl)[nH]c1=O)C2. The smallest absolute Gasteiger partial charge is 0.341 e. The molecule has 0 radical (unpaired) electrons. The lowest BCUT2D eigenvalue weighted by atomic mass is 10.1. The Balaban J connectivity index is 1.72. The van der Waals surface area contributed by atoms with Crippen molar-refractivity contribution in [3.05, 3.63) is 85.2 Å². The molecule has 0 aliphatic carbocycles. The Hall–Kier alpha value is -2.79. The number of aromatic nitrogens is 1. The largest absolute Gasteiger partial charge is 0.362 e. The molecule has 0 fully saturated rings. The monoisotopic (exact) mass is 586 g/mol. The summed E-state index contributed by atoms with van der Waals surface area (Å²) >= 11 is 18.5. The molecule has 13 heteroatoms. The summed E-state index contributed by atoms with van der Waals surface area (Å²) in [6, 6.07) is 10.6. The van der Waals surface area contributed by atoms with Crippen molar-refractivity contribution in [2.75, 3.05) is 19.0 Å². The molecule has 2 heterocycles. The summed E-state index contributed by atoms with van der Waals surface area (Å²) in [7, 11) is 3.12. The maximum absolute atomic E-state index is 13.9. The average molecular weight is 588 g/mol. The first-order valence-electron chi connectivity index (χ1n) is 10.7. The van der Waals surface area contributed by atoms with E-state index < -0.39 is 22.5 Å². The number of amides is 3. The summed E-state index contributed by atoms with van der Waals surface area (Å²) in [6.07, 6.45) is 0. The quantitative estimate of drug-likeness (QED) is 0.356. The highest BCUT2D eigenvalue weighted by atomic mass is 35.5. The second kappa shape index (κ2) is 10.5. The number of rotatable bonds is 5. The van der Waals surface area contributed by atoms with Gasteiger partial charge in [-0.15, -0.1) is 0 Å². The lowest BCUT2D eigenvalue weighted by Crippen LogP contribution is -2.34. The number of aromatic amines is 1. The van der Waals surface area contributed by atoms with E-state index in [0.29, 0.717) is 10.6 Å². The van der Waals surface area contributed by atoms with E-state index in [9.17, 15) is 23.2 Å². The number of benzene rings is 2. The second-order valence-electron chi connectivity index (χ2n) is 8.13. The van der Waals surface area contributed by atoms with Crippen LogP contribution in [0.1, 0.15) is 27.2 Å². The number of carbonyl (C=O) groups is 2. The number of pyridine rings is 1. The number of halogens is 5. The van der Waals surface area contributed by atoms with E-state index in [1.807, 2.05) is 4.98 Å². The highest BCUT2D eigenvalue weighted by Gasteiger charge is 2.34. The van der Waals surface area contributed by atoms with Crippen molar-refractivity contribution in [1.29, 1.82) is 0 Å². The Morgan fingerprint density at radius 3 is 2.38 bits per heavy atom. The third kappa shape index (κ3) is 5.57. The minimum absolute atomic E-state index is 0.0740. The lowest BCUT2D eigenvalue weighted by molar-refractivity contribution is 0.0740. The van der Waals surface area contributed by atoms with Gasteiger partial charge in [0.05, 0.1) is 10.0 Å². The Bertz CT molecular complexity index is 1440. The molecule has 2 aromatic carbocycles. The molecule has 1 aliphatic rings. The standard InChI is InChI=1S/C24H19Cl3F2N4O3S/c1-30-23(36)32(2)14-7-6-12-10-33(11-13(12)8-14)22(35)19-17(9-18(24(27,28)29)31-21(19)34)37-20-15(25)4-3-5-16(20)26/h3-9H,10-11H2,1-2H3,(H,30,36)(H,31,34). The summed E-state index contributed by atoms with van der Waals surface area (Å²) in [6.45, 7) is 0.329. The zero-order valence-corrected chi connectivity index (χ0v) is 22.5. The first kappa shape index (κ1) is 27.3. The van der Waals surface area contributed by atoms with E-state index in [1.54, 1.807) is 43.4 Å². The second-order valence-corrected chi connectivity index (χ2v) is 10.5. The highest BCUT2D eigenvalue weighted by Crippen LogP contribution is 2.41. The van der Waals surface area contributed by atoms with Gasteiger partial charge in [-0.3, -0.25) is 14.5 Å². The van der Waals surface area contributed by atoms with Gasteiger partial charge in [-0.2, -0.15) is 8.78 Å². The molecule has 1 aromatic heterocycles. The van der Waals surface area contributed by atoms with Crippen LogP contribution in [0.3, 0.4) is 0 Å². The van der Waals surface area contributed by atoms with Crippen LogP contribution in [0.25, 0.3) is 0 Å². The van der Waals surface area contributed by atoms with E-state index in [0.717, 1.165) is 29.0 Å². The van der Waals surface area contributed by atoms with E-state index in [4.69, 9.17) is 34.8 Å². The maximum atomic E-state index is 13.9. The van der Waals surface area contributed by atoms with Crippen LogP contribution < -0.4 is 15.8 Å². The molecule has 0 saturated carbocycles. The van der Waals surface area contributed by atoms with Crippen molar-refractivity contribution in [3.8, 4) is 0 Å². The Kier molecular flexibility index (Phi) is 7.75. The Morgan fingerprint density at radius 1 is 1.11 bits per heavy atom. The highest BCUT2D eigenvalue weighted by molar-refractivity contribution is 7.99. The number of urea groups is 1. The average Bonchev–Trinajstić information content (AvgIpc) is 3.27. The minimum Gasteiger partial charge on any atom is -0.341 e. The fourth-order valence-electron chi connectivity index (χ4n) is 3.84. The van der Waals surface area contributed by atoms with E-state index >= 15 is 0 Å². The van der Waals surface area contributed by atoms with Crippen molar-refractivity contribution in [2.45, 2.75) is 28.3 Å². The topological polar surface area (TPSA) is 85.5 Å². The van der Waals surface area contributed by atoms with Crippen LogP contribution in [-0.2, 0) is 18.5 Å². The molecule has 0 bridgehead atoms. The number of hydrogen-bond acceptors (Lipinski definition) is 4. The zero-order valence-electron chi connectivity index (χ0n) is 19.4. The molecule has 37 heavy (non-hydrogen) atoms. The van der Waals surface area contributed by atoms with Gasteiger partial charge in [0.25, 0.3) is 11.5 Å². The van der Waals surface area contributed by atoms with Crippen LogP contribution >= 0.6 is 46.6 Å². The molecular weight excluding hydrogens is 569 g/mol. The Labute approximate surface area is 229 Å². The number of alkyl halides is 3. The third-order valence-corrected chi connectivity index (χ3v) is 8.00. The van der Waals surface area contributed by atoms with Crippen LogP contribution in [0.5, 0.6) is 0 Å². The van der Waals surface area contributed by atoms with Gasteiger partial charge in [-0.05, 0) is 53.1 Å². The summed E-state index contributed by atoms with van der Waals surface area (Å²) in [5, 5.41) is -0.904. The van der Waals surface area contributed by atoms with Crippen LogP contribution in [0.2, 0.25) is 10.0 Å². The normalized spacial score (nSPS) is 12.9. The van der Waals surface area contributed by atoms with Crippen molar-refractivity contribution in [1.82, 2.24) is 15.2 Å². The summed E-state index contributed by atoms with van der Waals surface area (Å²) in [5.74, 6) is -0.672. The molecule has 2 N–H and O–H groups in total. The van der Waals surface area contributed by atoms with Crippen LogP contribution in [-0.4, -0.2) is 35.9 Å². The molecule has 3 aromatic rings. The Morgan fingerprint density at radius 2 is 1.76 bits per heavy atom. The first-order chi connectivity index (χ1) is 17.4. The van der Waals surface area contributed by atoms with Gasteiger partial charge in [-0.1, -0.05) is 47.1 Å². The molecule has 194 valence electrons. The van der Waals surface area contributed by atoms with Crippen LogP contribution in [0, 0.1) is 0 Å². The molecule has 0 atom stereocenters. The predicted octanol–water partition coefficient (Wildman–Crippen LogP) is 6.05. The number of nitrogens with zero attached hydrogens (tertiary/aromatic N) is 2. The van der Waals surface area contributed by atoms with Crippen LogP contribution in [0.15, 0.2) is 57.1 Å². The van der Waals surface area contributed by atoms with E-state index in [1.165, 1.54) is 16.8 Å². The first-order valence-corrected chi connectivity index (χ1v) is 12.7. The molecular formula is C24H19Cl3F2N4O3S. The van der Waals surface area contributed by atoms with Crippen molar-refractivity contribution < 1.29 is 18.4 Å². The van der Waals surface area contributed by atoms with Crippen molar-refractivity contribution in [3.63, 3.8) is 0 Å². The number of carbonyl (C=O) groups excluding carboxylic acids is 2. The van der Waals surface area contributed by atoms with E-state index in [2.05, 4.69) is 5.32 Å². The van der Waals surface area contributed by atoms with Gasteiger partial charge in [-0.25, -0.2) is 4.79 Å².